The van der Waals surface area contributed by atoms with Crippen molar-refractivity contribution in [1.29, 1.82) is 0 Å². The Bertz CT molecular complexity index is 959. The van der Waals surface area contributed by atoms with Gasteiger partial charge in [-0.15, -0.1) is 0 Å². The van der Waals surface area contributed by atoms with Crippen molar-refractivity contribution in [2.24, 2.45) is 5.41 Å². The number of para-hydroxylation sites is 1. The number of aromatic nitrogens is 2. The van der Waals surface area contributed by atoms with Gasteiger partial charge in [-0.1, -0.05) is 18.2 Å². The molecule has 0 radical (unpaired) electrons. The second-order valence-corrected chi connectivity index (χ2v) is 8.31. The number of carbonyl (C=O) groups excluding carboxylic acids is 2. The van der Waals surface area contributed by atoms with E-state index in [2.05, 4.69) is 4.90 Å². The Morgan fingerprint density at radius 1 is 1.11 bits per heavy atom. The number of fused-ring (bicyclic) bond motifs is 4. The van der Waals surface area contributed by atoms with Crippen LogP contribution in [0.5, 0.6) is 0 Å². The predicted molar refractivity (Wildman–Crippen MR) is 101 cm³/mol. The molecule has 0 saturated carbocycles. The Balaban J connectivity index is 1.68. The summed E-state index contributed by atoms with van der Waals surface area (Å²) in [4.78, 5) is 28.5. The third-order valence-electron chi connectivity index (χ3n) is 6.11. The molecular weight excluding hydrogens is 358 g/mol. The van der Waals surface area contributed by atoms with Gasteiger partial charge in [-0.05, 0) is 31.9 Å². The number of esters is 2. The summed E-state index contributed by atoms with van der Waals surface area (Å²) in [6.45, 7) is 5.87. The van der Waals surface area contributed by atoms with Crippen molar-refractivity contribution in [3.63, 3.8) is 0 Å². The minimum absolute atomic E-state index is 0.260. The van der Waals surface area contributed by atoms with Crippen LogP contribution in [0.2, 0.25) is 0 Å². The van der Waals surface area contributed by atoms with E-state index in [0.717, 1.165) is 42.1 Å². The molecule has 0 aliphatic carbocycles. The van der Waals surface area contributed by atoms with E-state index in [-0.39, 0.29) is 12.5 Å². The second kappa shape index (κ2) is 5.59. The number of ether oxygens (including phenoxy) is 2. The zero-order chi connectivity index (χ0) is 19.7. The SMILES string of the molecule is Cc1nn(-c2ccccc2)c2c1CC1(C(=O)OC(C)(C)OC1=O)[C@H]1CCCN21. The number of benzene rings is 1. The number of anilines is 1. The molecule has 4 heterocycles. The maximum absolute atomic E-state index is 13.2. The molecule has 7 heteroatoms. The molecule has 2 fully saturated rings. The highest BCUT2D eigenvalue weighted by molar-refractivity contribution is 6.04. The molecule has 1 atom stereocenters. The van der Waals surface area contributed by atoms with Gasteiger partial charge in [-0.2, -0.15) is 5.10 Å². The number of carbonyl (C=O) groups is 2. The van der Waals surface area contributed by atoms with Gasteiger partial charge in [-0.25, -0.2) is 4.68 Å². The lowest BCUT2D eigenvalue weighted by atomic mass is 9.71. The first kappa shape index (κ1) is 17.3. The van der Waals surface area contributed by atoms with Crippen LogP contribution in [-0.2, 0) is 25.5 Å². The smallest absolute Gasteiger partial charge is 0.329 e. The first-order valence-electron chi connectivity index (χ1n) is 9.71. The van der Waals surface area contributed by atoms with Gasteiger partial charge < -0.3 is 14.4 Å². The topological polar surface area (TPSA) is 73.7 Å². The van der Waals surface area contributed by atoms with Crippen LogP contribution in [-0.4, -0.2) is 40.1 Å². The van der Waals surface area contributed by atoms with Crippen molar-refractivity contribution >= 4 is 17.8 Å². The van der Waals surface area contributed by atoms with Crippen molar-refractivity contribution in [2.45, 2.75) is 51.9 Å². The lowest BCUT2D eigenvalue weighted by Gasteiger charge is -2.48. The molecule has 7 nitrogen and oxygen atoms in total. The number of hydrogen-bond donors (Lipinski definition) is 0. The monoisotopic (exact) mass is 381 g/mol. The zero-order valence-corrected chi connectivity index (χ0v) is 16.3. The van der Waals surface area contributed by atoms with Crippen molar-refractivity contribution < 1.29 is 19.1 Å². The van der Waals surface area contributed by atoms with Gasteiger partial charge in [0.1, 0.15) is 5.82 Å². The summed E-state index contributed by atoms with van der Waals surface area (Å²) in [7, 11) is 0. The van der Waals surface area contributed by atoms with Crippen LogP contribution in [0, 0.1) is 12.3 Å². The van der Waals surface area contributed by atoms with Gasteiger partial charge in [-0.3, -0.25) is 9.59 Å². The molecule has 5 rings (SSSR count). The van der Waals surface area contributed by atoms with Gasteiger partial charge in [0.2, 0.25) is 0 Å². The molecule has 3 aliphatic rings. The van der Waals surface area contributed by atoms with E-state index in [4.69, 9.17) is 14.6 Å². The summed E-state index contributed by atoms with van der Waals surface area (Å²) in [5, 5.41) is 4.75. The molecule has 28 heavy (non-hydrogen) atoms. The fourth-order valence-electron chi connectivity index (χ4n) is 4.88. The Hall–Kier alpha value is -2.83. The average molecular weight is 381 g/mol. The minimum atomic E-state index is -1.33. The summed E-state index contributed by atoms with van der Waals surface area (Å²) < 4.78 is 13.0. The van der Waals surface area contributed by atoms with Crippen molar-refractivity contribution in [2.75, 3.05) is 11.4 Å². The van der Waals surface area contributed by atoms with E-state index in [1.165, 1.54) is 0 Å². The number of hydrogen-bond acceptors (Lipinski definition) is 6. The first-order chi connectivity index (χ1) is 13.3. The van der Waals surface area contributed by atoms with E-state index >= 15 is 0 Å². The van der Waals surface area contributed by atoms with Crippen LogP contribution in [0.1, 0.15) is 37.9 Å². The van der Waals surface area contributed by atoms with Crippen LogP contribution in [0.25, 0.3) is 5.69 Å². The van der Waals surface area contributed by atoms with Crippen LogP contribution >= 0.6 is 0 Å². The van der Waals surface area contributed by atoms with Gasteiger partial charge >= 0.3 is 11.9 Å². The normalized spacial score (nSPS) is 24.5. The molecule has 1 spiro atoms. The minimum Gasteiger partial charge on any atom is -0.422 e. The number of aryl methyl sites for hydroxylation is 1. The maximum atomic E-state index is 13.2. The molecule has 2 aromatic rings. The van der Waals surface area contributed by atoms with Crippen LogP contribution in [0.3, 0.4) is 0 Å². The highest BCUT2D eigenvalue weighted by Gasteiger charge is 2.65. The highest BCUT2D eigenvalue weighted by atomic mass is 16.7. The van der Waals surface area contributed by atoms with E-state index < -0.39 is 23.1 Å². The highest BCUT2D eigenvalue weighted by Crippen LogP contribution is 2.51. The fraction of sp³-hybridized carbons (Fsp3) is 0.476. The lowest BCUT2D eigenvalue weighted by Crippen LogP contribution is -2.64. The predicted octanol–water partition coefficient (Wildman–Crippen LogP) is 2.53. The molecule has 1 aromatic carbocycles. The average Bonchev–Trinajstić information content (AvgIpc) is 3.24. The second-order valence-electron chi connectivity index (χ2n) is 8.31. The number of rotatable bonds is 1. The molecule has 0 unspecified atom stereocenters. The lowest BCUT2D eigenvalue weighted by molar-refractivity contribution is -0.252. The van der Waals surface area contributed by atoms with E-state index in [0.29, 0.717) is 0 Å². The van der Waals surface area contributed by atoms with Gasteiger partial charge in [0, 0.05) is 32.4 Å². The zero-order valence-electron chi connectivity index (χ0n) is 16.3. The maximum Gasteiger partial charge on any atom is 0.329 e. The van der Waals surface area contributed by atoms with E-state index in [1.807, 2.05) is 41.9 Å². The summed E-state index contributed by atoms with van der Waals surface area (Å²) in [6, 6.07) is 9.65. The van der Waals surface area contributed by atoms with E-state index in [1.54, 1.807) is 13.8 Å². The third kappa shape index (κ3) is 2.19. The van der Waals surface area contributed by atoms with Crippen molar-refractivity contribution in [3.05, 3.63) is 41.6 Å². The largest absolute Gasteiger partial charge is 0.422 e. The van der Waals surface area contributed by atoms with Crippen molar-refractivity contribution in [3.8, 4) is 5.69 Å². The Labute approximate surface area is 163 Å². The Kier molecular flexibility index (Phi) is 3.45. The Morgan fingerprint density at radius 2 is 1.79 bits per heavy atom. The quantitative estimate of drug-likeness (QED) is 0.558. The summed E-state index contributed by atoms with van der Waals surface area (Å²) in [6.07, 6.45) is 1.90. The van der Waals surface area contributed by atoms with Crippen molar-refractivity contribution in [1.82, 2.24) is 9.78 Å². The Morgan fingerprint density at radius 3 is 2.46 bits per heavy atom. The molecule has 0 bridgehead atoms. The summed E-state index contributed by atoms with van der Waals surface area (Å²) >= 11 is 0. The molecule has 0 N–H and O–H groups in total. The standard InChI is InChI=1S/C21H23N3O4/c1-13-15-12-21(18(25)27-20(2,3)28-19(21)26)16-10-7-11-23(16)17(15)24(22-13)14-8-5-4-6-9-14/h4-6,8-9,16H,7,10-12H2,1-3H3/t16-/m1/s1. The molecule has 0 amide bonds. The molecule has 3 aliphatic heterocycles. The molecule has 1 aromatic heterocycles. The summed E-state index contributed by atoms with van der Waals surface area (Å²) in [5.41, 5.74) is 1.36. The molecule has 146 valence electrons. The third-order valence-corrected chi connectivity index (χ3v) is 6.11. The molecule has 2 saturated heterocycles. The van der Waals surface area contributed by atoms with Crippen LogP contribution in [0.4, 0.5) is 5.82 Å². The van der Waals surface area contributed by atoms with Crippen LogP contribution in [0.15, 0.2) is 30.3 Å². The van der Waals surface area contributed by atoms with E-state index in [9.17, 15) is 9.59 Å². The summed E-state index contributed by atoms with van der Waals surface area (Å²) in [5.74, 6) is -1.22. The van der Waals surface area contributed by atoms with Crippen LogP contribution < -0.4 is 4.90 Å². The number of cyclic esters (lactones) is 2. The fourth-order valence-corrected chi connectivity index (χ4v) is 4.88. The van der Waals surface area contributed by atoms with Gasteiger partial charge in [0.05, 0.1) is 17.4 Å². The number of nitrogens with zero attached hydrogens (tertiary/aromatic N) is 3. The van der Waals surface area contributed by atoms with Gasteiger partial charge in [0.25, 0.3) is 5.79 Å². The van der Waals surface area contributed by atoms with Gasteiger partial charge in [0.15, 0.2) is 5.41 Å². The first-order valence-corrected chi connectivity index (χ1v) is 9.71. The molecular formula is C21H23N3O4.